The second-order valence-corrected chi connectivity index (χ2v) is 5.01. The molecule has 82 valence electrons. The molecule has 0 bridgehead atoms. The molecule has 0 unspecified atom stereocenters. The van der Waals surface area contributed by atoms with Gasteiger partial charge in [-0.2, -0.15) is 0 Å². The van der Waals surface area contributed by atoms with Crippen molar-refractivity contribution in [2.24, 2.45) is 5.73 Å². The number of carbonyl (C=O) groups is 1. The van der Waals surface area contributed by atoms with Gasteiger partial charge >= 0.3 is 0 Å². The van der Waals surface area contributed by atoms with Crippen molar-refractivity contribution in [2.75, 3.05) is 7.05 Å². The van der Waals surface area contributed by atoms with Gasteiger partial charge in [-0.05, 0) is 25.2 Å². The summed E-state index contributed by atoms with van der Waals surface area (Å²) >= 11 is 5.69. The molecule has 0 spiro atoms. The summed E-state index contributed by atoms with van der Waals surface area (Å²) in [5.74, 6) is -0.701. The second kappa shape index (κ2) is 4.18. The van der Waals surface area contributed by atoms with E-state index in [1.165, 1.54) is 25.2 Å². The average molecular weight is 249 g/mol. The fraction of sp³-hybridized carbons (Fsp3) is 0.125. The molecule has 1 amide bonds. The van der Waals surface area contributed by atoms with Gasteiger partial charge in [0.25, 0.3) is 0 Å². The highest BCUT2D eigenvalue weighted by Gasteiger charge is 2.14. The van der Waals surface area contributed by atoms with Gasteiger partial charge in [-0.15, -0.1) is 0 Å². The summed E-state index contributed by atoms with van der Waals surface area (Å²) in [5, 5.41) is 0.0128. The summed E-state index contributed by atoms with van der Waals surface area (Å²) in [6.07, 6.45) is 0. The van der Waals surface area contributed by atoms with E-state index in [0.29, 0.717) is 0 Å². The van der Waals surface area contributed by atoms with Crippen LogP contribution in [-0.2, 0) is 10.0 Å². The molecule has 0 aliphatic rings. The molecule has 0 fully saturated rings. The lowest BCUT2D eigenvalue weighted by atomic mass is 10.2. The van der Waals surface area contributed by atoms with Crippen LogP contribution in [0.15, 0.2) is 23.1 Å². The van der Waals surface area contributed by atoms with Crippen LogP contribution in [-0.4, -0.2) is 21.4 Å². The van der Waals surface area contributed by atoms with Crippen molar-refractivity contribution >= 4 is 27.5 Å². The molecule has 0 radical (unpaired) electrons. The molecule has 0 aromatic heterocycles. The summed E-state index contributed by atoms with van der Waals surface area (Å²) in [7, 11) is -2.27. The van der Waals surface area contributed by atoms with Gasteiger partial charge in [0.1, 0.15) is 0 Å². The summed E-state index contributed by atoms with van der Waals surface area (Å²) < 4.78 is 24.8. The van der Waals surface area contributed by atoms with E-state index in [0.717, 1.165) is 0 Å². The van der Waals surface area contributed by atoms with Gasteiger partial charge in [0, 0.05) is 0 Å². The number of sulfonamides is 1. The maximum absolute atomic E-state index is 11.3. The lowest BCUT2D eigenvalue weighted by Gasteiger charge is -2.04. The highest BCUT2D eigenvalue weighted by atomic mass is 35.5. The third-order valence-corrected chi connectivity index (χ3v) is 3.51. The molecule has 1 aromatic carbocycles. The van der Waals surface area contributed by atoms with Crippen molar-refractivity contribution in [1.82, 2.24) is 4.72 Å². The Kier molecular flexibility index (Phi) is 3.33. The molecule has 1 rings (SSSR count). The Bertz CT molecular complexity index is 499. The smallest absolute Gasteiger partial charge is 0.250 e. The Hall–Kier alpha value is -1.11. The van der Waals surface area contributed by atoms with E-state index in [1.807, 2.05) is 0 Å². The first-order valence-electron chi connectivity index (χ1n) is 3.91. The first-order chi connectivity index (χ1) is 6.88. The SMILES string of the molecule is CNS(=O)(=O)c1ccc(C(N)=O)c(Cl)c1. The number of nitrogens with two attached hydrogens (primary N) is 1. The van der Waals surface area contributed by atoms with Crippen molar-refractivity contribution in [3.8, 4) is 0 Å². The molecular formula is C8H9ClN2O3S. The third-order valence-electron chi connectivity index (χ3n) is 1.79. The summed E-state index contributed by atoms with van der Waals surface area (Å²) in [5.41, 5.74) is 5.11. The van der Waals surface area contributed by atoms with E-state index >= 15 is 0 Å². The minimum Gasteiger partial charge on any atom is -0.366 e. The number of hydrogen-bond donors (Lipinski definition) is 2. The molecule has 15 heavy (non-hydrogen) atoms. The normalized spacial score (nSPS) is 11.3. The number of amides is 1. The molecular weight excluding hydrogens is 240 g/mol. The molecule has 0 saturated carbocycles. The zero-order valence-corrected chi connectivity index (χ0v) is 9.39. The van der Waals surface area contributed by atoms with E-state index < -0.39 is 15.9 Å². The van der Waals surface area contributed by atoms with Crippen LogP contribution in [0.25, 0.3) is 0 Å². The van der Waals surface area contributed by atoms with E-state index in [2.05, 4.69) is 4.72 Å². The maximum Gasteiger partial charge on any atom is 0.250 e. The van der Waals surface area contributed by atoms with E-state index in [-0.39, 0.29) is 15.5 Å². The van der Waals surface area contributed by atoms with Crippen molar-refractivity contribution in [2.45, 2.75) is 4.90 Å². The molecule has 0 aliphatic heterocycles. The number of rotatable bonds is 3. The molecule has 0 aliphatic carbocycles. The number of hydrogen-bond acceptors (Lipinski definition) is 3. The number of primary amides is 1. The fourth-order valence-electron chi connectivity index (χ4n) is 0.981. The quantitative estimate of drug-likeness (QED) is 0.809. The molecule has 0 heterocycles. The molecule has 0 atom stereocenters. The standard InChI is InChI=1S/C8H9ClN2O3S/c1-11-15(13,14)5-2-3-6(8(10)12)7(9)4-5/h2-4,11H,1H3,(H2,10,12). The van der Waals surface area contributed by atoms with Gasteiger partial charge in [0.15, 0.2) is 0 Å². The summed E-state index contributed by atoms with van der Waals surface area (Å²) in [6.45, 7) is 0. The van der Waals surface area contributed by atoms with Crippen LogP contribution < -0.4 is 10.5 Å². The predicted octanol–water partition coefficient (Wildman–Crippen LogP) is 0.347. The Labute approximate surface area is 92.3 Å². The molecule has 0 saturated heterocycles. The van der Waals surface area contributed by atoms with Gasteiger partial charge in [0.05, 0.1) is 15.5 Å². The fourth-order valence-corrected chi connectivity index (χ4v) is 2.07. The van der Waals surface area contributed by atoms with Crippen molar-refractivity contribution in [3.63, 3.8) is 0 Å². The highest BCUT2D eigenvalue weighted by molar-refractivity contribution is 7.89. The van der Waals surface area contributed by atoms with Crippen LogP contribution in [0.2, 0.25) is 5.02 Å². The van der Waals surface area contributed by atoms with Crippen LogP contribution in [0.1, 0.15) is 10.4 Å². The van der Waals surface area contributed by atoms with Gasteiger partial charge in [-0.3, -0.25) is 4.79 Å². The van der Waals surface area contributed by atoms with E-state index in [9.17, 15) is 13.2 Å². The predicted molar refractivity (Wildman–Crippen MR) is 56.2 cm³/mol. The Morgan fingerprint density at radius 3 is 2.47 bits per heavy atom. The monoisotopic (exact) mass is 248 g/mol. The Morgan fingerprint density at radius 2 is 2.07 bits per heavy atom. The largest absolute Gasteiger partial charge is 0.366 e. The van der Waals surface area contributed by atoms with Crippen LogP contribution in [0.5, 0.6) is 0 Å². The van der Waals surface area contributed by atoms with Crippen LogP contribution in [0.3, 0.4) is 0 Å². The zero-order chi connectivity index (χ0) is 11.6. The van der Waals surface area contributed by atoms with Crippen molar-refractivity contribution in [3.05, 3.63) is 28.8 Å². The van der Waals surface area contributed by atoms with Gasteiger partial charge in [-0.1, -0.05) is 11.6 Å². The minimum atomic E-state index is -3.55. The molecule has 1 aromatic rings. The summed E-state index contributed by atoms with van der Waals surface area (Å²) in [4.78, 5) is 10.8. The van der Waals surface area contributed by atoms with Gasteiger partial charge in [-0.25, -0.2) is 13.1 Å². The van der Waals surface area contributed by atoms with Crippen LogP contribution in [0, 0.1) is 0 Å². The Morgan fingerprint density at radius 1 is 1.47 bits per heavy atom. The second-order valence-electron chi connectivity index (χ2n) is 2.71. The van der Waals surface area contributed by atoms with Crippen molar-refractivity contribution in [1.29, 1.82) is 0 Å². The van der Waals surface area contributed by atoms with Crippen molar-refractivity contribution < 1.29 is 13.2 Å². The minimum absolute atomic E-state index is 0.0128. The maximum atomic E-state index is 11.3. The molecule has 5 nitrogen and oxygen atoms in total. The highest BCUT2D eigenvalue weighted by Crippen LogP contribution is 2.20. The average Bonchev–Trinajstić information content (AvgIpc) is 2.17. The Balaban J connectivity index is 3.30. The zero-order valence-electron chi connectivity index (χ0n) is 7.82. The van der Waals surface area contributed by atoms with E-state index in [1.54, 1.807) is 0 Å². The lowest BCUT2D eigenvalue weighted by molar-refractivity contribution is 0.100. The molecule has 7 heteroatoms. The van der Waals surface area contributed by atoms with Crippen LogP contribution in [0.4, 0.5) is 0 Å². The third kappa shape index (κ3) is 2.47. The number of benzene rings is 1. The topological polar surface area (TPSA) is 89.3 Å². The summed E-state index contributed by atoms with van der Waals surface area (Å²) in [6, 6.07) is 3.71. The van der Waals surface area contributed by atoms with Crippen LogP contribution >= 0.6 is 11.6 Å². The van der Waals surface area contributed by atoms with Gasteiger partial charge < -0.3 is 5.73 Å². The van der Waals surface area contributed by atoms with Gasteiger partial charge in [0.2, 0.25) is 15.9 Å². The lowest BCUT2D eigenvalue weighted by Crippen LogP contribution is -2.19. The number of halogens is 1. The number of nitrogens with one attached hydrogen (secondary N) is 1. The molecule has 3 N–H and O–H groups in total. The first-order valence-corrected chi connectivity index (χ1v) is 5.77. The first kappa shape index (κ1) is 12.0. The number of carbonyl (C=O) groups excluding carboxylic acids is 1. The van der Waals surface area contributed by atoms with E-state index in [4.69, 9.17) is 17.3 Å².